The van der Waals surface area contributed by atoms with Crippen LogP contribution in [0.1, 0.15) is 5.82 Å². The summed E-state index contributed by atoms with van der Waals surface area (Å²) < 4.78 is 31.0. The van der Waals surface area contributed by atoms with E-state index in [0.717, 1.165) is 15.6 Å². The van der Waals surface area contributed by atoms with Crippen molar-refractivity contribution in [3.8, 4) is 17.1 Å². The van der Waals surface area contributed by atoms with Gasteiger partial charge in [-0.3, -0.25) is 9.89 Å². The minimum Gasteiger partial charge on any atom is -0.497 e. The van der Waals surface area contributed by atoms with Gasteiger partial charge >= 0.3 is 0 Å². The molecule has 2 aromatic carbocycles. The highest BCUT2D eigenvalue weighted by Crippen LogP contribution is 2.19. The van der Waals surface area contributed by atoms with Crippen LogP contribution in [0.3, 0.4) is 0 Å². The Bertz CT molecular complexity index is 1070. The Morgan fingerprint density at radius 2 is 1.83 bits per heavy atom. The number of rotatable bonds is 8. The molecule has 0 unspecified atom stereocenters. The largest absolute Gasteiger partial charge is 0.497 e. The highest BCUT2D eigenvalue weighted by atomic mass is 32.2. The fourth-order valence-electron chi connectivity index (χ4n) is 2.54. The second kappa shape index (κ2) is 8.84. The van der Waals surface area contributed by atoms with Crippen LogP contribution < -0.4 is 10.1 Å². The Labute approximate surface area is 168 Å². The molecule has 10 heteroatoms. The minimum atomic E-state index is -3.73. The number of nitrogens with one attached hydrogen (secondary N) is 2. The molecule has 0 atom stereocenters. The molecule has 29 heavy (non-hydrogen) atoms. The van der Waals surface area contributed by atoms with Crippen LogP contribution >= 0.6 is 0 Å². The molecule has 0 aliphatic carbocycles. The van der Waals surface area contributed by atoms with Gasteiger partial charge < -0.3 is 10.1 Å². The predicted molar refractivity (Wildman–Crippen MR) is 106 cm³/mol. The van der Waals surface area contributed by atoms with Crippen molar-refractivity contribution in [3.63, 3.8) is 0 Å². The van der Waals surface area contributed by atoms with Crippen LogP contribution in [0.2, 0.25) is 0 Å². The average molecular weight is 415 g/mol. The summed E-state index contributed by atoms with van der Waals surface area (Å²) in [5, 5.41) is 9.52. The number of likely N-dealkylation sites (N-methyl/N-ethyl adjacent to an activating group) is 1. The van der Waals surface area contributed by atoms with Gasteiger partial charge in [0.15, 0.2) is 5.82 Å². The summed E-state index contributed by atoms with van der Waals surface area (Å²) >= 11 is 0. The summed E-state index contributed by atoms with van der Waals surface area (Å²) in [5.41, 5.74) is 0.799. The number of hydrogen-bond acceptors (Lipinski definition) is 6. The van der Waals surface area contributed by atoms with Gasteiger partial charge in [0.05, 0.1) is 25.1 Å². The Morgan fingerprint density at radius 1 is 1.14 bits per heavy atom. The molecule has 0 aliphatic heterocycles. The number of ether oxygens (including phenoxy) is 1. The maximum Gasteiger partial charge on any atom is 0.243 e. The SMILES string of the molecule is COc1ccc(-c2n[nH]c(CNC(=O)CN(C)S(=O)(=O)c3ccccc3)n2)cc1. The molecule has 3 aromatic rings. The van der Waals surface area contributed by atoms with Crippen molar-refractivity contribution in [1.82, 2.24) is 24.8 Å². The van der Waals surface area contributed by atoms with Crippen molar-refractivity contribution in [2.45, 2.75) is 11.4 Å². The second-order valence-electron chi connectivity index (χ2n) is 6.19. The Kier molecular flexibility index (Phi) is 6.25. The van der Waals surface area contributed by atoms with Crippen LogP contribution in [0.25, 0.3) is 11.4 Å². The zero-order chi connectivity index (χ0) is 20.9. The van der Waals surface area contributed by atoms with Gasteiger partial charge in [-0.05, 0) is 36.4 Å². The lowest BCUT2D eigenvalue weighted by molar-refractivity contribution is -0.121. The first-order chi connectivity index (χ1) is 13.9. The van der Waals surface area contributed by atoms with Crippen LogP contribution in [-0.4, -0.2) is 54.5 Å². The first kappa shape index (κ1) is 20.5. The van der Waals surface area contributed by atoms with Gasteiger partial charge in [0.2, 0.25) is 15.9 Å². The monoisotopic (exact) mass is 415 g/mol. The summed E-state index contributed by atoms with van der Waals surface area (Å²) in [7, 11) is -0.781. The first-order valence-corrected chi connectivity index (χ1v) is 10.2. The van der Waals surface area contributed by atoms with E-state index >= 15 is 0 Å². The van der Waals surface area contributed by atoms with Crippen molar-refractivity contribution in [3.05, 3.63) is 60.4 Å². The third-order valence-electron chi connectivity index (χ3n) is 4.15. The van der Waals surface area contributed by atoms with Gasteiger partial charge in [0.1, 0.15) is 11.6 Å². The molecule has 0 bridgehead atoms. The van der Waals surface area contributed by atoms with E-state index in [1.54, 1.807) is 37.4 Å². The number of methoxy groups -OCH3 is 1. The van der Waals surface area contributed by atoms with Gasteiger partial charge in [-0.1, -0.05) is 18.2 Å². The molecule has 0 saturated carbocycles. The standard InChI is InChI=1S/C19H21N5O4S/c1-24(29(26,27)16-6-4-3-5-7-16)13-18(25)20-12-17-21-19(23-22-17)14-8-10-15(28-2)11-9-14/h3-11H,12-13H2,1-2H3,(H,20,25)(H,21,22,23). The van der Waals surface area contributed by atoms with E-state index in [9.17, 15) is 13.2 Å². The zero-order valence-electron chi connectivity index (χ0n) is 16.0. The highest BCUT2D eigenvalue weighted by Gasteiger charge is 2.22. The van der Waals surface area contributed by atoms with E-state index in [-0.39, 0.29) is 18.0 Å². The Morgan fingerprint density at radius 3 is 2.48 bits per heavy atom. The van der Waals surface area contributed by atoms with Gasteiger partial charge in [-0.15, -0.1) is 0 Å². The van der Waals surface area contributed by atoms with Crippen molar-refractivity contribution < 1.29 is 17.9 Å². The quantitative estimate of drug-likeness (QED) is 0.575. The molecule has 0 aliphatic rings. The van der Waals surface area contributed by atoms with Gasteiger partial charge in [-0.25, -0.2) is 13.4 Å². The molecule has 2 N–H and O–H groups in total. The minimum absolute atomic E-state index is 0.0984. The third kappa shape index (κ3) is 4.98. The number of aromatic amines is 1. The summed E-state index contributed by atoms with van der Waals surface area (Å²) in [4.78, 5) is 16.6. The molecule has 9 nitrogen and oxygen atoms in total. The number of aromatic nitrogens is 3. The van der Waals surface area contributed by atoms with Crippen LogP contribution in [0.4, 0.5) is 0 Å². The molecule has 1 aromatic heterocycles. The van der Waals surface area contributed by atoms with Crippen LogP contribution in [-0.2, 0) is 21.4 Å². The van der Waals surface area contributed by atoms with Crippen molar-refractivity contribution >= 4 is 15.9 Å². The Balaban J connectivity index is 1.56. The van der Waals surface area contributed by atoms with E-state index in [4.69, 9.17) is 4.74 Å². The molecule has 1 heterocycles. The molecule has 3 rings (SSSR count). The predicted octanol–water partition coefficient (Wildman–Crippen LogP) is 1.42. The summed E-state index contributed by atoms with van der Waals surface area (Å²) in [5.74, 6) is 1.22. The van der Waals surface area contributed by atoms with Crippen molar-refractivity contribution in [2.24, 2.45) is 0 Å². The fraction of sp³-hybridized carbons (Fsp3) is 0.211. The molecule has 0 saturated heterocycles. The number of hydrogen-bond donors (Lipinski definition) is 2. The molecule has 152 valence electrons. The molecule has 1 amide bonds. The molecule has 0 spiro atoms. The van der Waals surface area contributed by atoms with Crippen LogP contribution in [0, 0.1) is 0 Å². The number of H-pyrrole nitrogens is 1. The number of carbonyl (C=O) groups is 1. The normalized spacial score (nSPS) is 11.4. The molecule has 0 fully saturated rings. The molecular formula is C19H21N5O4S. The summed E-state index contributed by atoms with van der Waals surface area (Å²) in [6.45, 7) is -0.210. The van der Waals surface area contributed by atoms with E-state index in [1.807, 2.05) is 12.1 Å². The maximum absolute atomic E-state index is 12.5. The Hall–Kier alpha value is -3.24. The van der Waals surface area contributed by atoms with Crippen molar-refractivity contribution in [1.29, 1.82) is 0 Å². The fourth-order valence-corrected chi connectivity index (χ4v) is 3.69. The summed E-state index contributed by atoms with van der Waals surface area (Å²) in [6, 6.07) is 15.2. The number of benzene rings is 2. The second-order valence-corrected chi connectivity index (χ2v) is 8.23. The van der Waals surface area contributed by atoms with E-state index < -0.39 is 15.9 Å². The topological polar surface area (TPSA) is 117 Å². The van der Waals surface area contributed by atoms with Crippen molar-refractivity contribution in [2.75, 3.05) is 20.7 Å². The van der Waals surface area contributed by atoms with Gasteiger partial charge in [0.25, 0.3) is 0 Å². The highest BCUT2D eigenvalue weighted by molar-refractivity contribution is 7.89. The first-order valence-electron chi connectivity index (χ1n) is 8.74. The zero-order valence-corrected chi connectivity index (χ0v) is 16.8. The third-order valence-corrected chi connectivity index (χ3v) is 5.97. The van der Waals surface area contributed by atoms with Gasteiger partial charge in [-0.2, -0.15) is 9.40 Å². The number of sulfonamides is 1. The molecular weight excluding hydrogens is 394 g/mol. The number of amides is 1. The van der Waals surface area contributed by atoms with E-state index in [0.29, 0.717) is 11.6 Å². The van der Waals surface area contributed by atoms with Gasteiger partial charge in [0, 0.05) is 12.6 Å². The molecule has 0 radical (unpaired) electrons. The van der Waals surface area contributed by atoms with Crippen LogP contribution in [0.5, 0.6) is 5.75 Å². The smallest absolute Gasteiger partial charge is 0.243 e. The maximum atomic E-state index is 12.5. The number of nitrogens with zero attached hydrogens (tertiary/aromatic N) is 3. The van der Waals surface area contributed by atoms with E-state index in [1.165, 1.54) is 19.2 Å². The average Bonchev–Trinajstić information content (AvgIpc) is 3.22. The lowest BCUT2D eigenvalue weighted by Gasteiger charge is -2.16. The number of carbonyl (C=O) groups excluding carboxylic acids is 1. The summed E-state index contributed by atoms with van der Waals surface area (Å²) in [6.07, 6.45) is 0. The van der Waals surface area contributed by atoms with Crippen LogP contribution in [0.15, 0.2) is 59.5 Å². The van der Waals surface area contributed by atoms with E-state index in [2.05, 4.69) is 20.5 Å². The lowest BCUT2D eigenvalue weighted by atomic mass is 10.2. The lowest BCUT2D eigenvalue weighted by Crippen LogP contribution is -2.38.